The van der Waals surface area contributed by atoms with E-state index in [0.717, 1.165) is 5.56 Å². The summed E-state index contributed by atoms with van der Waals surface area (Å²) in [6.07, 6.45) is 0. The highest BCUT2D eigenvalue weighted by atomic mass is 35.5. The van der Waals surface area contributed by atoms with Crippen molar-refractivity contribution in [3.8, 4) is 10.4 Å². The number of carbonyl (C=O) groups is 1. The summed E-state index contributed by atoms with van der Waals surface area (Å²) in [6, 6.07) is 7.06. The van der Waals surface area contributed by atoms with Gasteiger partial charge in [-0.05, 0) is 17.7 Å². The van der Waals surface area contributed by atoms with Gasteiger partial charge in [0, 0.05) is 5.02 Å². The van der Waals surface area contributed by atoms with Crippen LogP contribution in [-0.4, -0.2) is 16.1 Å². The summed E-state index contributed by atoms with van der Waals surface area (Å²) in [7, 11) is 0. The van der Waals surface area contributed by atoms with Crippen LogP contribution in [0.4, 0.5) is 0 Å². The first kappa shape index (κ1) is 10.1. The molecule has 0 spiro atoms. The average Bonchev–Trinajstić information content (AvgIpc) is 2.65. The van der Waals surface area contributed by atoms with Gasteiger partial charge in [0.2, 0.25) is 0 Å². The van der Waals surface area contributed by atoms with Gasteiger partial charge in [0.05, 0.1) is 10.4 Å². The first-order chi connectivity index (χ1) is 7.18. The van der Waals surface area contributed by atoms with Gasteiger partial charge in [-0.25, -0.2) is 9.78 Å². The predicted molar refractivity (Wildman–Crippen MR) is 59.5 cm³/mol. The van der Waals surface area contributed by atoms with Crippen LogP contribution in [0.15, 0.2) is 29.8 Å². The highest BCUT2D eigenvalue weighted by molar-refractivity contribution is 7.13. The second kappa shape index (κ2) is 4.00. The fourth-order valence-electron chi connectivity index (χ4n) is 1.23. The topological polar surface area (TPSA) is 50.2 Å². The molecule has 76 valence electrons. The molecule has 0 radical (unpaired) electrons. The Morgan fingerprint density at radius 2 is 2.27 bits per heavy atom. The number of carboxylic acids is 1. The van der Waals surface area contributed by atoms with Crippen LogP contribution in [0.25, 0.3) is 10.4 Å². The molecule has 0 amide bonds. The fourth-order valence-corrected chi connectivity index (χ4v) is 2.20. The van der Waals surface area contributed by atoms with Crippen LogP contribution < -0.4 is 0 Å². The molecule has 0 aliphatic heterocycles. The Morgan fingerprint density at radius 3 is 2.93 bits per heavy atom. The van der Waals surface area contributed by atoms with Gasteiger partial charge < -0.3 is 5.11 Å². The van der Waals surface area contributed by atoms with E-state index in [1.54, 1.807) is 18.2 Å². The number of nitrogens with zero attached hydrogens (tertiary/aromatic N) is 1. The number of aromatic nitrogens is 1. The Hall–Kier alpha value is -1.39. The largest absolute Gasteiger partial charge is 0.476 e. The first-order valence-electron chi connectivity index (χ1n) is 4.11. The number of thiazole rings is 1. The maximum absolute atomic E-state index is 10.9. The summed E-state index contributed by atoms with van der Waals surface area (Å²) in [5.41, 5.74) is 2.37. The lowest BCUT2D eigenvalue weighted by atomic mass is 10.1. The molecule has 0 aliphatic carbocycles. The molecule has 0 unspecified atom stereocenters. The number of aromatic carboxylic acids is 1. The van der Waals surface area contributed by atoms with E-state index in [4.69, 9.17) is 16.7 Å². The minimum atomic E-state index is -1.02. The van der Waals surface area contributed by atoms with E-state index in [2.05, 4.69) is 4.98 Å². The summed E-state index contributed by atoms with van der Waals surface area (Å²) < 4.78 is 0. The van der Waals surface area contributed by atoms with Crippen LogP contribution in [0.5, 0.6) is 0 Å². The first-order valence-corrected chi connectivity index (χ1v) is 5.37. The zero-order chi connectivity index (χ0) is 10.8. The second-order valence-electron chi connectivity index (χ2n) is 2.85. The Balaban J connectivity index is 2.54. The summed E-state index contributed by atoms with van der Waals surface area (Å²) >= 11 is 7.12. The molecule has 0 saturated carbocycles. The van der Waals surface area contributed by atoms with E-state index in [0.29, 0.717) is 9.90 Å². The number of rotatable bonds is 2. The highest BCUT2D eigenvalue weighted by Gasteiger charge is 2.14. The fraction of sp³-hybridized carbons (Fsp3) is 0. The molecule has 0 saturated heterocycles. The summed E-state index contributed by atoms with van der Waals surface area (Å²) in [5, 5.41) is 9.48. The van der Waals surface area contributed by atoms with E-state index in [-0.39, 0.29) is 5.69 Å². The number of carboxylic acid groups (broad SMARTS) is 1. The van der Waals surface area contributed by atoms with Crippen molar-refractivity contribution in [1.29, 1.82) is 0 Å². The zero-order valence-electron chi connectivity index (χ0n) is 7.48. The van der Waals surface area contributed by atoms with Crippen molar-refractivity contribution in [1.82, 2.24) is 4.98 Å². The van der Waals surface area contributed by atoms with Gasteiger partial charge >= 0.3 is 5.97 Å². The van der Waals surface area contributed by atoms with Crippen molar-refractivity contribution >= 4 is 28.9 Å². The third-order valence-corrected chi connectivity index (χ3v) is 2.97. The van der Waals surface area contributed by atoms with Gasteiger partial charge in [-0.1, -0.05) is 23.7 Å². The van der Waals surface area contributed by atoms with E-state index in [1.165, 1.54) is 16.8 Å². The molecule has 1 aromatic carbocycles. The quantitative estimate of drug-likeness (QED) is 0.876. The smallest absolute Gasteiger partial charge is 0.356 e. The third-order valence-electron chi connectivity index (χ3n) is 1.86. The van der Waals surface area contributed by atoms with Gasteiger partial charge in [0.25, 0.3) is 0 Å². The van der Waals surface area contributed by atoms with Crippen LogP contribution >= 0.6 is 22.9 Å². The lowest BCUT2D eigenvalue weighted by Crippen LogP contribution is -1.98. The molecule has 0 bridgehead atoms. The van der Waals surface area contributed by atoms with Crippen LogP contribution in [-0.2, 0) is 0 Å². The lowest BCUT2D eigenvalue weighted by Gasteiger charge is -1.99. The Labute approximate surface area is 95.0 Å². The molecule has 1 heterocycles. The molecular weight excluding hydrogens is 234 g/mol. The normalized spacial score (nSPS) is 10.2. The van der Waals surface area contributed by atoms with Crippen LogP contribution in [0.2, 0.25) is 5.02 Å². The molecule has 0 fully saturated rings. The minimum absolute atomic E-state index is 0.0715. The average molecular weight is 240 g/mol. The van der Waals surface area contributed by atoms with Crippen molar-refractivity contribution in [3.05, 3.63) is 40.5 Å². The molecule has 5 heteroatoms. The maximum Gasteiger partial charge on any atom is 0.356 e. The highest BCUT2D eigenvalue weighted by Crippen LogP contribution is 2.29. The number of halogens is 1. The summed E-state index contributed by atoms with van der Waals surface area (Å²) in [5.74, 6) is -1.02. The molecule has 1 aromatic heterocycles. The second-order valence-corrected chi connectivity index (χ2v) is 4.14. The minimum Gasteiger partial charge on any atom is -0.476 e. The van der Waals surface area contributed by atoms with Crippen molar-refractivity contribution < 1.29 is 9.90 Å². The molecule has 3 nitrogen and oxygen atoms in total. The van der Waals surface area contributed by atoms with E-state index in [1.807, 2.05) is 6.07 Å². The SMILES string of the molecule is O=C(O)c1ncsc1-c1cccc(Cl)c1. The summed E-state index contributed by atoms with van der Waals surface area (Å²) in [6.45, 7) is 0. The molecule has 2 aromatic rings. The van der Waals surface area contributed by atoms with E-state index < -0.39 is 5.97 Å². The van der Waals surface area contributed by atoms with Gasteiger partial charge in [-0.2, -0.15) is 0 Å². The van der Waals surface area contributed by atoms with Gasteiger partial charge in [0.15, 0.2) is 5.69 Å². The Morgan fingerprint density at radius 1 is 1.47 bits per heavy atom. The number of hydrogen-bond acceptors (Lipinski definition) is 3. The van der Waals surface area contributed by atoms with Crippen LogP contribution in [0.1, 0.15) is 10.5 Å². The molecule has 2 rings (SSSR count). The van der Waals surface area contributed by atoms with Crippen molar-refractivity contribution in [2.24, 2.45) is 0 Å². The molecule has 15 heavy (non-hydrogen) atoms. The van der Waals surface area contributed by atoms with Crippen molar-refractivity contribution in [2.45, 2.75) is 0 Å². The maximum atomic E-state index is 10.9. The van der Waals surface area contributed by atoms with Crippen LogP contribution in [0, 0.1) is 0 Å². The third kappa shape index (κ3) is 2.00. The van der Waals surface area contributed by atoms with E-state index in [9.17, 15) is 4.79 Å². The Bertz CT molecular complexity index is 510. The van der Waals surface area contributed by atoms with E-state index >= 15 is 0 Å². The zero-order valence-corrected chi connectivity index (χ0v) is 9.05. The lowest BCUT2D eigenvalue weighted by molar-refractivity contribution is 0.0692. The van der Waals surface area contributed by atoms with Gasteiger partial charge in [-0.15, -0.1) is 11.3 Å². The Kier molecular flexibility index (Phi) is 2.70. The monoisotopic (exact) mass is 239 g/mol. The van der Waals surface area contributed by atoms with Crippen LogP contribution in [0.3, 0.4) is 0 Å². The number of benzene rings is 1. The molecule has 0 atom stereocenters. The standard InChI is InChI=1S/C10H6ClNO2S/c11-7-3-1-2-6(4-7)9-8(10(13)14)12-5-15-9/h1-5H,(H,13,14). The molecule has 0 aliphatic rings. The molecule has 1 N–H and O–H groups in total. The van der Waals surface area contributed by atoms with Crippen molar-refractivity contribution in [3.63, 3.8) is 0 Å². The van der Waals surface area contributed by atoms with Gasteiger partial charge in [0.1, 0.15) is 0 Å². The number of hydrogen-bond donors (Lipinski definition) is 1. The van der Waals surface area contributed by atoms with Gasteiger partial charge in [-0.3, -0.25) is 0 Å². The van der Waals surface area contributed by atoms with Crippen molar-refractivity contribution in [2.75, 3.05) is 0 Å². The summed E-state index contributed by atoms with van der Waals surface area (Å²) in [4.78, 5) is 15.3. The molecular formula is C10H6ClNO2S. The predicted octanol–water partition coefficient (Wildman–Crippen LogP) is 3.16.